The van der Waals surface area contributed by atoms with Crippen LogP contribution in [-0.2, 0) is 28.6 Å². The number of allylic oxidation sites excluding steroid dienone is 1. The van der Waals surface area contributed by atoms with Gasteiger partial charge in [-0.3, -0.25) is 14.4 Å². The molecule has 1 aliphatic heterocycles. The molecule has 4 fully saturated rings. The number of amides is 1. The molecule has 5 aliphatic rings. The number of ether oxygens (including phenoxy) is 3. The smallest absolute Gasteiger partial charge is 0.307 e. The monoisotopic (exact) mass is 701 g/mol. The van der Waals surface area contributed by atoms with Crippen LogP contribution < -0.4 is 16.8 Å². The summed E-state index contributed by atoms with van der Waals surface area (Å²) < 4.78 is 19.3. The Kier molecular flexibility index (Phi) is 11.3. The van der Waals surface area contributed by atoms with Crippen molar-refractivity contribution in [2.24, 2.45) is 68.1 Å². The summed E-state index contributed by atoms with van der Waals surface area (Å²) in [6.45, 7) is 19.5. The molecular weight excluding hydrogens is 634 g/mol. The molecule has 1 unspecified atom stereocenters. The molecule has 0 radical (unpaired) electrons. The number of hydrogen-bond acceptors (Lipinski definition) is 8. The Balaban J connectivity index is 1.43. The summed E-state index contributed by atoms with van der Waals surface area (Å²) in [5, 5.41) is 13.9. The van der Waals surface area contributed by atoms with E-state index < -0.39 is 41.0 Å². The van der Waals surface area contributed by atoms with E-state index in [0.717, 1.165) is 38.5 Å². The topological polar surface area (TPSA) is 163 Å². The van der Waals surface area contributed by atoms with Crippen molar-refractivity contribution in [3.05, 3.63) is 11.6 Å². The van der Waals surface area contributed by atoms with E-state index in [0.29, 0.717) is 51.5 Å². The second-order valence-electron chi connectivity index (χ2n) is 18.2. The average molecular weight is 702 g/mol. The van der Waals surface area contributed by atoms with Gasteiger partial charge in [-0.05, 0) is 97.8 Å². The number of carboxylic acids is 1. The standard InChI is InChI=1S/C40H67N3O7/c1-24(2)25(3)36(5)16-17-38(7)27-12-13-31-37(6)22-48-23-40(31,28(27)14-15-39(38,8)32(36)35(46)47)21-30(50-26(4)44)33(37)49-20-19-43-34(45)29(42)11-9-10-18-41/h14,24-25,27,29-33H,9-13,15-23,41-42H2,1-8H3,(H,43,45)(H,46,47)/t25-,27+,29?,30-,31+,32-,33+,36-,37-,38-,39+,40+/m1/s1. The molecule has 1 saturated heterocycles. The van der Waals surface area contributed by atoms with Gasteiger partial charge in [-0.15, -0.1) is 0 Å². The average Bonchev–Trinajstić information content (AvgIpc) is 3.03. The van der Waals surface area contributed by atoms with Gasteiger partial charge in [0.2, 0.25) is 5.91 Å². The van der Waals surface area contributed by atoms with E-state index in [1.54, 1.807) is 0 Å². The Bertz CT molecular complexity index is 1320. The number of carboxylic acid groups (broad SMARTS) is 1. The maximum absolute atomic E-state index is 13.4. The van der Waals surface area contributed by atoms with Crippen LogP contribution in [-0.4, -0.2) is 74.1 Å². The van der Waals surface area contributed by atoms with Crippen molar-refractivity contribution in [3.8, 4) is 0 Å². The second kappa shape index (κ2) is 14.4. The molecule has 5 rings (SSSR count). The third-order valence-electron chi connectivity index (χ3n) is 15.4. The molecule has 1 heterocycles. The summed E-state index contributed by atoms with van der Waals surface area (Å²) in [6, 6.07) is -0.583. The molecule has 10 nitrogen and oxygen atoms in total. The van der Waals surface area contributed by atoms with Crippen molar-refractivity contribution < 1.29 is 33.7 Å². The minimum atomic E-state index is -0.664. The minimum absolute atomic E-state index is 0.197. The summed E-state index contributed by atoms with van der Waals surface area (Å²) in [6.07, 6.45) is 8.94. The number of carbonyl (C=O) groups excluding carboxylic acids is 2. The molecule has 0 spiro atoms. The first-order chi connectivity index (χ1) is 23.4. The molecule has 284 valence electrons. The quantitative estimate of drug-likeness (QED) is 0.111. The molecule has 3 saturated carbocycles. The van der Waals surface area contributed by atoms with Crippen LogP contribution in [0.1, 0.15) is 113 Å². The molecule has 0 aromatic carbocycles. The maximum atomic E-state index is 13.4. The summed E-state index contributed by atoms with van der Waals surface area (Å²) in [4.78, 5) is 38.6. The number of aliphatic carboxylic acids is 1. The lowest BCUT2D eigenvalue weighted by molar-refractivity contribution is -0.266. The molecule has 10 heteroatoms. The molecule has 50 heavy (non-hydrogen) atoms. The Morgan fingerprint density at radius 2 is 1.78 bits per heavy atom. The van der Waals surface area contributed by atoms with Gasteiger partial charge >= 0.3 is 11.9 Å². The first-order valence-corrected chi connectivity index (χ1v) is 19.5. The highest BCUT2D eigenvalue weighted by Crippen LogP contribution is 2.75. The van der Waals surface area contributed by atoms with Crippen LogP contribution in [0.15, 0.2) is 11.6 Å². The van der Waals surface area contributed by atoms with Crippen molar-refractivity contribution in [2.75, 3.05) is 32.9 Å². The molecule has 12 atom stereocenters. The van der Waals surface area contributed by atoms with Gasteiger partial charge < -0.3 is 36.1 Å². The lowest BCUT2D eigenvalue weighted by Gasteiger charge is -2.71. The highest BCUT2D eigenvalue weighted by Gasteiger charge is 2.72. The molecule has 0 aromatic heterocycles. The van der Waals surface area contributed by atoms with Crippen LogP contribution in [0.5, 0.6) is 0 Å². The number of carbonyl (C=O) groups is 3. The van der Waals surface area contributed by atoms with Gasteiger partial charge in [-0.2, -0.15) is 0 Å². The van der Waals surface area contributed by atoms with E-state index in [2.05, 4.69) is 59.9 Å². The van der Waals surface area contributed by atoms with Crippen LogP contribution in [0, 0.1) is 56.7 Å². The summed E-state index contributed by atoms with van der Waals surface area (Å²) in [7, 11) is 0. The summed E-state index contributed by atoms with van der Waals surface area (Å²) in [5.41, 5.74) is 11.4. The lowest BCUT2D eigenvalue weighted by Crippen LogP contribution is -2.70. The predicted octanol–water partition coefficient (Wildman–Crippen LogP) is 5.46. The molecule has 0 aromatic rings. The molecule has 2 bridgehead atoms. The van der Waals surface area contributed by atoms with Gasteiger partial charge in [0.25, 0.3) is 0 Å². The van der Waals surface area contributed by atoms with Crippen molar-refractivity contribution in [1.29, 1.82) is 0 Å². The molecule has 4 aliphatic carbocycles. The first kappa shape index (κ1) is 39.2. The largest absolute Gasteiger partial charge is 0.481 e. The second-order valence-corrected chi connectivity index (χ2v) is 18.2. The van der Waals surface area contributed by atoms with E-state index in [1.165, 1.54) is 12.5 Å². The van der Waals surface area contributed by atoms with Gasteiger partial charge in [-0.25, -0.2) is 0 Å². The Hall–Kier alpha value is -2.01. The van der Waals surface area contributed by atoms with Crippen LogP contribution in [0.4, 0.5) is 0 Å². The fourth-order valence-corrected chi connectivity index (χ4v) is 12.3. The summed E-state index contributed by atoms with van der Waals surface area (Å²) in [5.74, 6) is -0.496. The fourth-order valence-electron chi connectivity index (χ4n) is 12.3. The van der Waals surface area contributed by atoms with Crippen LogP contribution in [0.2, 0.25) is 0 Å². The van der Waals surface area contributed by atoms with Crippen LogP contribution >= 0.6 is 0 Å². The highest BCUT2D eigenvalue weighted by atomic mass is 16.6. The Morgan fingerprint density at radius 3 is 2.42 bits per heavy atom. The number of rotatable bonds is 13. The summed E-state index contributed by atoms with van der Waals surface area (Å²) >= 11 is 0. The first-order valence-electron chi connectivity index (χ1n) is 19.5. The maximum Gasteiger partial charge on any atom is 0.307 e. The van der Waals surface area contributed by atoms with E-state index >= 15 is 0 Å². The third kappa shape index (κ3) is 6.26. The van der Waals surface area contributed by atoms with E-state index in [1.807, 2.05) is 0 Å². The number of fused-ring (bicyclic) bond motifs is 3. The van der Waals surface area contributed by atoms with E-state index in [9.17, 15) is 19.5 Å². The lowest BCUT2D eigenvalue weighted by atomic mass is 9.34. The zero-order valence-corrected chi connectivity index (χ0v) is 32.1. The van der Waals surface area contributed by atoms with Gasteiger partial charge in [0.15, 0.2) is 0 Å². The van der Waals surface area contributed by atoms with Gasteiger partial charge in [0.1, 0.15) is 12.2 Å². The number of hydrogen-bond donors (Lipinski definition) is 4. The number of nitrogens with two attached hydrogens (primary N) is 2. The zero-order valence-electron chi connectivity index (χ0n) is 32.1. The third-order valence-corrected chi connectivity index (χ3v) is 15.4. The normalized spacial score (nSPS) is 41.9. The number of nitrogens with one attached hydrogen (secondary N) is 1. The molecular formula is C40H67N3O7. The van der Waals surface area contributed by atoms with Crippen molar-refractivity contribution in [1.82, 2.24) is 5.32 Å². The number of unbranched alkanes of at least 4 members (excludes halogenated alkanes) is 1. The van der Waals surface area contributed by atoms with Crippen LogP contribution in [0.25, 0.3) is 0 Å². The van der Waals surface area contributed by atoms with E-state index in [4.69, 9.17) is 25.7 Å². The van der Waals surface area contributed by atoms with E-state index in [-0.39, 0.29) is 52.5 Å². The van der Waals surface area contributed by atoms with Crippen molar-refractivity contribution in [2.45, 2.75) is 131 Å². The Labute approximate surface area is 300 Å². The molecule has 6 N–H and O–H groups in total. The van der Waals surface area contributed by atoms with Gasteiger partial charge in [0, 0.05) is 24.3 Å². The minimum Gasteiger partial charge on any atom is -0.481 e. The molecule has 1 amide bonds. The Morgan fingerprint density at radius 1 is 1.06 bits per heavy atom. The number of esters is 1. The highest BCUT2D eigenvalue weighted by molar-refractivity contribution is 5.81. The fraction of sp³-hybridized carbons (Fsp3) is 0.875. The predicted molar refractivity (Wildman–Crippen MR) is 193 cm³/mol. The SMILES string of the molecule is CC(=O)O[C@@H]1C[C@@]23COC[C@](C)([C@@H]2CC[C@H]2C3=CC[C@@]3(C)[C@H](C(=O)O)[C@@](C)([C@H](C)C(C)C)CC[C@]23C)[C@H]1OCCNC(=O)C(N)CCCCN. The van der Waals surface area contributed by atoms with Crippen molar-refractivity contribution >= 4 is 17.8 Å². The van der Waals surface area contributed by atoms with Crippen molar-refractivity contribution in [3.63, 3.8) is 0 Å². The van der Waals surface area contributed by atoms with Gasteiger partial charge in [-0.1, -0.05) is 66.5 Å². The van der Waals surface area contributed by atoms with Crippen LogP contribution in [0.3, 0.4) is 0 Å². The zero-order chi connectivity index (χ0) is 36.9. The van der Waals surface area contributed by atoms with Gasteiger partial charge in [0.05, 0.1) is 31.8 Å².